The molecule has 0 bridgehead atoms. The molecule has 27 heavy (non-hydrogen) atoms. The molecule has 1 amide bonds. The third-order valence-corrected chi connectivity index (χ3v) is 4.27. The number of carbonyl (C=O) groups is 1. The fourth-order valence-corrected chi connectivity index (χ4v) is 3.01. The Balaban J connectivity index is 1.76. The molecule has 3 aromatic carbocycles. The van der Waals surface area contributed by atoms with E-state index in [1.54, 1.807) is 18.2 Å². The van der Waals surface area contributed by atoms with Gasteiger partial charge >= 0.3 is 0 Å². The molecule has 0 radical (unpaired) electrons. The van der Waals surface area contributed by atoms with Gasteiger partial charge in [-0.1, -0.05) is 66.7 Å². The van der Waals surface area contributed by atoms with Crippen molar-refractivity contribution in [3.63, 3.8) is 0 Å². The Morgan fingerprint density at radius 2 is 1.41 bits per heavy atom. The summed E-state index contributed by atoms with van der Waals surface area (Å²) in [6.07, 6.45) is 0. The van der Waals surface area contributed by atoms with Gasteiger partial charge in [0.1, 0.15) is 6.54 Å². The van der Waals surface area contributed by atoms with Gasteiger partial charge < -0.3 is 5.32 Å². The van der Waals surface area contributed by atoms with Crippen LogP contribution >= 0.6 is 0 Å². The average Bonchev–Trinajstić information content (AvgIpc) is 2.71. The van der Waals surface area contributed by atoms with Crippen LogP contribution in [0, 0.1) is 0 Å². The highest BCUT2D eigenvalue weighted by atomic mass is 16.2. The minimum atomic E-state index is -0.301. The monoisotopic (exact) mass is 355 g/mol. The van der Waals surface area contributed by atoms with Gasteiger partial charge in [-0.25, -0.2) is 4.68 Å². The van der Waals surface area contributed by atoms with E-state index < -0.39 is 0 Å². The Morgan fingerprint density at radius 1 is 0.815 bits per heavy atom. The van der Waals surface area contributed by atoms with Crippen LogP contribution in [0.25, 0.3) is 22.0 Å². The van der Waals surface area contributed by atoms with Crippen molar-refractivity contribution < 1.29 is 4.79 Å². The zero-order valence-corrected chi connectivity index (χ0v) is 14.5. The number of amides is 1. The summed E-state index contributed by atoms with van der Waals surface area (Å²) in [5.74, 6) is -0.301. The van der Waals surface area contributed by atoms with E-state index in [0.717, 1.165) is 10.9 Å². The van der Waals surface area contributed by atoms with E-state index >= 15 is 0 Å². The standard InChI is InChI=1S/C22H17N3O2/c26-20(23-17-11-5-2-6-12-17)15-25-22(27)19-14-8-7-13-18(19)21(24-25)16-9-3-1-4-10-16/h1-14H,15H2,(H,23,26). The van der Waals surface area contributed by atoms with Crippen LogP contribution in [-0.4, -0.2) is 15.7 Å². The summed E-state index contributed by atoms with van der Waals surface area (Å²) in [5.41, 5.74) is 1.97. The van der Waals surface area contributed by atoms with E-state index in [4.69, 9.17) is 0 Å². The third kappa shape index (κ3) is 3.48. The molecule has 5 nitrogen and oxygen atoms in total. The smallest absolute Gasteiger partial charge is 0.275 e. The molecule has 132 valence electrons. The topological polar surface area (TPSA) is 64.0 Å². The van der Waals surface area contributed by atoms with E-state index in [1.165, 1.54) is 4.68 Å². The van der Waals surface area contributed by atoms with E-state index in [9.17, 15) is 9.59 Å². The van der Waals surface area contributed by atoms with E-state index in [1.807, 2.05) is 66.7 Å². The number of fused-ring (bicyclic) bond motifs is 1. The lowest BCUT2D eigenvalue weighted by atomic mass is 10.1. The van der Waals surface area contributed by atoms with Gasteiger partial charge in [0.15, 0.2) is 0 Å². The molecule has 0 atom stereocenters. The highest BCUT2D eigenvalue weighted by molar-refractivity contribution is 5.94. The van der Waals surface area contributed by atoms with Crippen LogP contribution < -0.4 is 10.9 Å². The Kier molecular flexibility index (Phi) is 4.49. The summed E-state index contributed by atoms with van der Waals surface area (Å²) < 4.78 is 1.23. The van der Waals surface area contributed by atoms with Crippen molar-refractivity contribution >= 4 is 22.4 Å². The lowest BCUT2D eigenvalue weighted by Crippen LogP contribution is -2.30. The third-order valence-electron chi connectivity index (χ3n) is 4.27. The van der Waals surface area contributed by atoms with Gasteiger partial charge in [-0.05, 0) is 18.2 Å². The molecule has 0 saturated heterocycles. The number of hydrogen-bond acceptors (Lipinski definition) is 3. The first-order valence-electron chi connectivity index (χ1n) is 8.62. The molecule has 0 saturated carbocycles. The largest absolute Gasteiger partial charge is 0.324 e. The number of aromatic nitrogens is 2. The summed E-state index contributed by atoms with van der Waals surface area (Å²) in [5, 5.41) is 8.59. The number of nitrogens with one attached hydrogen (secondary N) is 1. The molecule has 1 aromatic heterocycles. The number of benzene rings is 3. The van der Waals surface area contributed by atoms with Crippen LogP contribution in [0.15, 0.2) is 89.7 Å². The maximum Gasteiger partial charge on any atom is 0.275 e. The fourth-order valence-electron chi connectivity index (χ4n) is 3.01. The van der Waals surface area contributed by atoms with Gasteiger partial charge in [0.25, 0.3) is 5.56 Å². The molecule has 5 heteroatoms. The second-order valence-electron chi connectivity index (χ2n) is 6.14. The molecule has 0 fully saturated rings. The zero-order valence-electron chi connectivity index (χ0n) is 14.5. The lowest BCUT2D eigenvalue weighted by Gasteiger charge is -2.11. The molecule has 0 aliphatic carbocycles. The van der Waals surface area contributed by atoms with E-state index in [2.05, 4.69) is 10.4 Å². The van der Waals surface area contributed by atoms with Crippen molar-refractivity contribution in [2.45, 2.75) is 6.54 Å². The molecular formula is C22H17N3O2. The first kappa shape index (κ1) is 16.7. The molecule has 1 heterocycles. The highest BCUT2D eigenvalue weighted by Crippen LogP contribution is 2.24. The van der Waals surface area contributed by atoms with Crippen LogP contribution in [0.4, 0.5) is 5.69 Å². The normalized spacial score (nSPS) is 10.7. The molecule has 0 unspecified atom stereocenters. The molecule has 0 aliphatic heterocycles. The average molecular weight is 355 g/mol. The summed E-state index contributed by atoms with van der Waals surface area (Å²) in [6, 6.07) is 26.1. The van der Waals surface area contributed by atoms with Crippen molar-refractivity contribution in [1.82, 2.24) is 9.78 Å². The lowest BCUT2D eigenvalue weighted by molar-refractivity contribution is -0.117. The van der Waals surface area contributed by atoms with Gasteiger partial charge in [-0.15, -0.1) is 0 Å². The van der Waals surface area contributed by atoms with Crippen LogP contribution in [0.3, 0.4) is 0 Å². The summed E-state index contributed by atoms with van der Waals surface area (Å²) in [6.45, 7) is -0.154. The first-order chi connectivity index (χ1) is 13.2. The molecule has 4 rings (SSSR count). The van der Waals surface area contributed by atoms with Crippen molar-refractivity contribution in [3.8, 4) is 11.3 Å². The number of hydrogen-bond donors (Lipinski definition) is 1. The molecule has 0 aliphatic rings. The maximum absolute atomic E-state index is 12.8. The van der Waals surface area contributed by atoms with Gasteiger partial charge in [0.05, 0.1) is 11.1 Å². The minimum Gasteiger partial charge on any atom is -0.324 e. The molecule has 1 N–H and O–H groups in total. The van der Waals surface area contributed by atoms with Crippen molar-refractivity contribution in [2.24, 2.45) is 0 Å². The van der Waals surface area contributed by atoms with Crippen molar-refractivity contribution in [1.29, 1.82) is 0 Å². The Labute approximate surface area is 155 Å². The predicted molar refractivity (Wildman–Crippen MR) is 107 cm³/mol. The Morgan fingerprint density at radius 3 is 2.11 bits per heavy atom. The minimum absolute atomic E-state index is 0.154. The number of nitrogens with zero attached hydrogens (tertiary/aromatic N) is 2. The fraction of sp³-hybridized carbons (Fsp3) is 0.0455. The van der Waals surface area contributed by atoms with Gasteiger partial charge in [0.2, 0.25) is 5.91 Å². The molecular weight excluding hydrogens is 338 g/mol. The highest BCUT2D eigenvalue weighted by Gasteiger charge is 2.14. The van der Waals surface area contributed by atoms with Crippen molar-refractivity contribution in [3.05, 3.63) is 95.3 Å². The van der Waals surface area contributed by atoms with E-state index in [0.29, 0.717) is 16.8 Å². The van der Waals surface area contributed by atoms with Crippen molar-refractivity contribution in [2.75, 3.05) is 5.32 Å². The number of rotatable bonds is 4. The van der Waals surface area contributed by atoms with Crippen LogP contribution in [0.1, 0.15) is 0 Å². The second-order valence-corrected chi connectivity index (χ2v) is 6.14. The first-order valence-corrected chi connectivity index (χ1v) is 8.62. The predicted octanol–water partition coefficient (Wildman–Crippen LogP) is 3.70. The Bertz CT molecular complexity index is 1150. The van der Waals surface area contributed by atoms with Gasteiger partial charge in [-0.3, -0.25) is 9.59 Å². The zero-order chi connectivity index (χ0) is 18.6. The van der Waals surface area contributed by atoms with Gasteiger partial charge in [-0.2, -0.15) is 5.10 Å². The summed E-state index contributed by atoms with van der Waals surface area (Å²) >= 11 is 0. The number of anilines is 1. The quantitative estimate of drug-likeness (QED) is 0.607. The van der Waals surface area contributed by atoms with Crippen LogP contribution in [-0.2, 0) is 11.3 Å². The number of para-hydroxylation sites is 1. The summed E-state index contributed by atoms with van der Waals surface area (Å²) in [7, 11) is 0. The van der Waals surface area contributed by atoms with Crippen LogP contribution in [0.5, 0.6) is 0 Å². The molecule has 4 aromatic rings. The second kappa shape index (κ2) is 7.25. The number of carbonyl (C=O) groups excluding carboxylic acids is 1. The van der Waals surface area contributed by atoms with Gasteiger partial charge in [0, 0.05) is 16.6 Å². The maximum atomic E-state index is 12.8. The molecule has 0 spiro atoms. The Hall–Kier alpha value is -3.73. The SMILES string of the molecule is O=C(Cn1nc(-c2ccccc2)c2ccccc2c1=O)Nc1ccccc1. The van der Waals surface area contributed by atoms with Crippen LogP contribution in [0.2, 0.25) is 0 Å². The van der Waals surface area contributed by atoms with E-state index in [-0.39, 0.29) is 18.0 Å². The summed E-state index contributed by atoms with van der Waals surface area (Å²) in [4.78, 5) is 25.2.